The molecule has 0 saturated carbocycles. The second-order valence-corrected chi connectivity index (χ2v) is 1.75. The van der Waals surface area contributed by atoms with Crippen LogP contribution in [-0.4, -0.2) is 6.17 Å². The van der Waals surface area contributed by atoms with E-state index < -0.39 is 0 Å². The number of rotatable bonds is 4. The molecule has 0 fully saturated rings. The fourth-order valence-electron chi connectivity index (χ4n) is 0.531. The first-order valence-corrected chi connectivity index (χ1v) is 2.93. The molecule has 3 nitrogen and oxygen atoms in total. The predicted octanol–water partition coefficient (Wildman–Crippen LogP) is 0.0329. The van der Waals surface area contributed by atoms with Gasteiger partial charge in [-0.2, -0.15) is 0 Å². The van der Waals surface area contributed by atoms with Gasteiger partial charge in [0.15, 0.2) is 0 Å². The number of allylic oxidation sites excluding steroid dienone is 2. The molecule has 0 aliphatic heterocycles. The van der Waals surface area contributed by atoms with Crippen LogP contribution in [0.25, 0.3) is 0 Å². The summed E-state index contributed by atoms with van der Waals surface area (Å²) in [4.78, 5) is 0. The number of hydrogen-bond donors (Lipinski definition) is 3. The molecular weight excluding hydrogens is 126 g/mol. The van der Waals surface area contributed by atoms with Gasteiger partial charge in [-0.1, -0.05) is 31.4 Å². The van der Waals surface area contributed by atoms with Crippen LogP contribution in [0.15, 0.2) is 37.0 Å². The molecule has 3 heteroatoms. The van der Waals surface area contributed by atoms with Crippen LogP contribution < -0.4 is 17.0 Å². The van der Waals surface area contributed by atoms with Crippen molar-refractivity contribution >= 4 is 0 Å². The van der Waals surface area contributed by atoms with Crippen molar-refractivity contribution in [3.63, 3.8) is 0 Å². The quantitative estimate of drug-likeness (QED) is 0.223. The summed E-state index contributed by atoms with van der Waals surface area (Å²) in [6.45, 7) is 7.07. The minimum absolute atomic E-state index is 0.365. The second kappa shape index (κ2) is 4.93. The molecule has 0 aromatic carbocycles. The fourth-order valence-corrected chi connectivity index (χ4v) is 0.531. The molecule has 0 radical (unpaired) electrons. The van der Waals surface area contributed by atoms with Crippen molar-refractivity contribution < 1.29 is 0 Å². The van der Waals surface area contributed by atoms with Gasteiger partial charge in [-0.15, -0.1) is 0 Å². The largest absolute Gasteiger partial charge is 0.311 e. The molecule has 0 aliphatic carbocycles. The first-order valence-electron chi connectivity index (χ1n) is 2.93. The second-order valence-electron chi connectivity index (χ2n) is 1.75. The number of nitrogens with one attached hydrogen (secondary N) is 1. The van der Waals surface area contributed by atoms with E-state index in [0.717, 1.165) is 5.57 Å². The third kappa shape index (κ3) is 2.59. The third-order valence-corrected chi connectivity index (χ3v) is 1.08. The zero-order valence-electron chi connectivity index (χ0n) is 5.88. The summed E-state index contributed by atoms with van der Waals surface area (Å²) in [5.74, 6) is 5.08. The molecule has 0 saturated heterocycles. The van der Waals surface area contributed by atoms with Gasteiger partial charge in [0, 0.05) is 0 Å². The van der Waals surface area contributed by atoms with Crippen LogP contribution in [0, 0.1) is 0 Å². The van der Waals surface area contributed by atoms with E-state index in [9.17, 15) is 0 Å². The van der Waals surface area contributed by atoms with Gasteiger partial charge in [0.05, 0.1) is 6.17 Å². The molecule has 0 rings (SSSR count). The first kappa shape index (κ1) is 9.10. The molecule has 0 aromatic heterocycles. The monoisotopic (exact) mass is 139 g/mol. The maximum atomic E-state index is 5.49. The maximum absolute atomic E-state index is 5.49. The van der Waals surface area contributed by atoms with Crippen LogP contribution in [0.4, 0.5) is 0 Å². The van der Waals surface area contributed by atoms with Crippen LogP contribution in [0.5, 0.6) is 0 Å². The molecule has 1 unspecified atom stereocenters. The van der Waals surface area contributed by atoms with E-state index >= 15 is 0 Å². The van der Waals surface area contributed by atoms with Crippen LogP contribution in [-0.2, 0) is 0 Å². The van der Waals surface area contributed by atoms with Crippen molar-refractivity contribution in [2.75, 3.05) is 0 Å². The highest BCUT2D eigenvalue weighted by Gasteiger charge is 1.99. The lowest BCUT2D eigenvalue weighted by Gasteiger charge is -2.09. The van der Waals surface area contributed by atoms with E-state index in [4.69, 9.17) is 11.6 Å². The van der Waals surface area contributed by atoms with Gasteiger partial charge in [-0.3, -0.25) is 5.84 Å². The number of hydrogen-bond acceptors (Lipinski definition) is 3. The van der Waals surface area contributed by atoms with Gasteiger partial charge < -0.3 is 5.73 Å². The summed E-state index contributed by atoms with van der Waals surface area (Å²) in [5, 5.41) is 0. The van der Waals surface area contributed by atoms with E-state index in [0.29, 0.717) is 0 Å². The van der Waals surface area contributed by atoms with Crippen molar-refractivity contribution in [2.45, 2.75) is 6.17 Å². The molecule has 0 aromatic rings. The minimum atomic E-state index is -0.365. The molecule has 0 aliphatic rings. The molecule has 1 atom stereocenters. The van der Waals surface area contributed by atoms with E-state index in [1.807, 2.05) is 0 Å². The van der Waals surface area contributed by atoms with Gasteiger partial charge in [-0.05, 0) is 5.57 Å². The zero-order valence-corrected chi connectivity index (χ0v) is 5.88. The van der Waals surface area contributed by atoms with Gasteiger partial charge in [0.2, 0.25) is 0 Å². The topological polar surface area (TPSA) is 64.1 Å². The highest BCUT2D eigenvalue weighted by molar-refractivity contribution is 5.25. The molecule has 56 valence electrons. The van der Waals surface area contributed by atoms with Gasteiger partial charge in [0.25, 0.3) is 0 Å². The summed E-state index contributed by atoms with van der Waals surface area (Å²) in [5.41, 5.74) is 8.70. The van der Waals surface area contributed by atoms with Crippen molar-refractivity contribution in [1.29, 1.82) is 0 Å². The van der Waals surface area contributed by atoms with Crippen LogP contribution >= 0.6 is 0 Å². The highest BCUT2D eigenvalue weighted by Crippen LogP contribution is 1.96. The summed E-state index contributed by atoms with van der Waals surface area (Å²) in [6.07, 6.45) is 4.65. The van der Waals surface area contributed by atoms with Crippen molar-refractivity contribution in [3.05, 3.63) is 37.0 Å². The van der Waals surface area contributed by atoms with Crippen LogP contribution in [0.3, 0.4) is 0 Å². The Kier molecular flexibility index (Phi) is 4.49. The number of nitrogens with two attached hydrogens (primary N) is 2. The van der Waals surface area contributed by atoms with Crippen molar-refractivity contribution in [3.8, 4) is 0 Å². The summed E-state index contributed by atoms with van der Waals surface area (Å²) in [7, 11) is 0. The van der Waals surface area contributed by atoms with E-state index in [1.54, 1.807) is 18.2 Å². The lowest BCUT2D eigenvalue weighted by molar-refractivity contribution is 0.625. The zero-order chi connectivity index (χ0) is 7.98. The van der Waals surface area contributed by atoms with E-state index in [2.05, 4.69) is 18.6 Å². The fraction of sp³-hybridized carbons (Fsp3) is 0.143. The number of hydrazine groups is 1. The average Bonchev–Trinajstić information content (AvgIpc) is 1.99. The molecule has 5 N–H and O–H groups in total. The Bertz CT molecular complexity index is 149. The van der Waals surface area contributed by atoms with Crippen LogP contribution in [0.1, 0.15) is 0 Å². The molecule has 0 spiro atoms. The third-order valence-electron chi connectivity index (χ3n) is 1.08. The highest BCUT2D eigenvalue weighted by atomic mass is 15.3. The summed E-state index contributed by atoms with van der Waals surface area (Å²) >= 11 is 0. The molecule has 0 heterocycles. The molecule has 0 bridgehead atoms. The Morgan fingerprint density at radius 3 is 2.40 bits per heavy atom. The Morgan fingerprint density at radius 1 is 1.50 bits per heavy atom. The lowest BCUT2D eigenvalue weighted by Crippen LogP contribution is -2.43. The standard InChI is InChI=1S/C7H13N3/c1-3-5-6(4-2)7(8)10-9/h3-5,7,10H,1-2,8-9H2/b6-5+. The Balaban J connectivity index is 4.18. The first-order chi connectivity index (χ1) is 4.76. The van der Waals surface area contributed by atoms with E-state index in [1.165, 1.54) is 0 Å². The minimum Gasteiger partial charge on any atom is -0.311 e. The molecular formula is C7H13N3. The van der Waals surface area contributed by atoms with Gasteiger partial charge in [-0.25, -0.2) is 5.43 Å². The smallest absolute Gasteiger partial charge is 0.0935 e. The van der Waals surface area contributed by atoms with E-state index in [-0.39, 0.29) is 6.17 Å². The van der Waals surface area contributed by atoms with Gasteiger partial charge >= 0.3 is 0 Å². The molecule has 10 heavy (non-hydrogen) atoms. The SMILES string of the molecule is C=C/C=C(\C=C)C(N)NN. The van der Waals surface area contributed by atoms with Gasteiger partial charge in [0.1, 0.15) is 0 Å². The lowest BCUT2D eigenvalue weighted by atomic mass is 10.2. The predicted molar refractivity (Wildman–Crippen MR) is 43.8 cm³/mol. The summed E-state index contributed by atoms with van der Waals surface area (Å²) in [6, 6.07) is 0. The molecule has 0 amide bonds. The van der Waals surface area contributed by atoms with Crippen molar-refractivity contribution in [2.24, 2.45) is 11.6 Å². The summed E-state index contributed by atoms with van der Waals surface area (Å²) < 4.78 is 0. The Hall–Kier alpha value is -0.900. The average molecular weight is 139 g/mol. The Morgan fingerprint density at radius 2 is 2.10 bits per heavy atom. The normalized spacial score (nSPS) is 14.4. The Labute approximate surface area is 61.1 Å². The maximum Gasteiger partial charge on any atom is 0.0935 e. The van der Waals surface area contributed by atoms with Crippen LogP contribution in [0.2, 0.25) is 0 Å². The van der Waals surface area contributed by atoms with Crippen molar-refractivity contribution in [1.82, 2.24) is 5.43 Å².